The first-order valence-electron chi connectivity index (χ1n) is 6.28. The second kappa shape index (κ2) is 8.08. The van der Waals surface area contributed by atoms with Gasteiger partial charge in [-0.2, -0.15) is 0 Å². The largest absolute Gasteiger partial charge is 0.385 e. The maximum atomic E-state index is 11.9. The number of rotatable bonds is 9. The number of nitrogens with zero attached hydrogens (tertiary/aromatic N) is 1. The van der Waals surface area contributed by atoms with Crippen molar-refractivity contribution in [2.24, 2.45) is 0 Å². The van der Waals surface area contributed by atoms with Crippen LogP contribution in [0.4, 0.5) is 5.82 Å². The van der Waals surface area contributed by atoms with E-state index in [9.17, 15) is 8.42 Å². The molecular formula is C12H21N3O3S. The summed E-state index contributed by atoms with van der Waals surface area (Å²) in [7, 11) is -1.89. The number of ether oxygens (including phenoxy) is 1. The van der Waals surface area contributed by atoms with Crippen LogP contribution in [-0.4, -0.2) is 40.2 Å². The normalized spacial score (nSPS) is 11.5. The molecule has 0 saturated heterocycles. The van der Waals surface area contributed by atoms with Crippen molar-refractivity contribution >= 4 is 15.8 Å². The quantitative estimate of drug-likeness (QED) is 0.667. The Hall–Kier alpha value is -1.18. The number of anilines is 1. The summed E-state index contributed by atoms with van der Waals surface area (Å²) in [5.41, 5.74) is 0. The smallest absolute Gasteiger partial charge is 0.242 e. The summed E-state index contributed by atoms with van der Waals surface area (Å²) in [6.45, 7) is 3.75. The molecule has 0 spiro atoms. The lowest BCUT2D eigenvalue weighted by Crippen LogP contribution is -2.25. The van der Waals surface area contributed by atoms with E-state index in [1.165, 1.54) is 6.20 Å². The monoisotopic (exact) mass is 287 g/mol. The van der Waals surface area contributed by atoms with Crippen LogP contribution >= 0.6 is 0 Å². The molecular weight excluding hydrogens is 266 g/mol. The molecule has 7 heteroatoms. The zero-order valence-corrected chi connectivity index (χ0v) is 12.2. The van der Waals surface area contributed by atoms with Gasteiger partial charge in [-0.25, -0.2) is 18.1 Å². The van der Waals surface area contributed by atoms with Crippen molar-refractivity contribution in [3.63, 3.8) is 0 Å². The molecule has 0 bridgehead atoms. The summed E-state index contributed by atoms with van der Waals surface area (Å²) >= 11 is 0. The molecule has 0 radical (unpaired) electrons. The molecule has 1 aromatic rings. The third-order valence-electron chi connectivity index (χ3n) is 2.42. The fraction of sp³-hybridized carbons (Fsp3) is 0.583. The minimum absolute atomic E-state index is 0.173. The predicted octanol–water partition coefficient (Wildman–Crippen LogP) is 1.22. The van der Waals surface area contributed by atoms with Crippen LogP contribution in [0.25, 0.3) is 0 Å². The summed E-state index contributed by atoms with van der Waals surface area (Å²) in [4.78, 5) is 4.25. The highest BCUT2D eigenvalue weighted by Crippen LogP contribution is 2.10. The summed E-state index contributed by atoms with van der Waals surface area (Å²) in [6, 6.07) is 3.21. The van der Waals surface area contributed by atoms with E-state index in [2.05, 4.69) is 21.9 Å². The number of aromatic nitrogens is 1. The zero-order chi connectivity index (χ0) is 14.1. The number of hydrogen-bond acceptors (Lipinski definition) is 5. The summed E-state index contributed by atoms with van der Waals surface area (Å²) in [6.07, 6.45) is 2.98. The lowest BCUT2D eigenvalue weighted by Gasteiger charge is -2.07. The number of sulfonamides is 1. The van der Waals surface area contributed by atoms with E-state index in [1.54, 1.807) is 19.2 Å². The van der Waals surface area contributed by atoms with Crippen molar-refractivity contribution in [2.75, 3.05) is 32.1 Å². The highest BCUT2D eigenvalue weighted by molar-refractivity contribution is 7.89. The van der Waals surface area contributed by atoms with Crippen molar-refractivity contribution in [2.45, 2.75) is 24.7 Å². The summed E-state index contributed by atoms with van der Waals surface area (Å²) < 4.78 is 31.2. The first kappa shape index (κ1) is 15.9. The molecule has 0 aromatic carbocycles. The van der Waals surface area contributed by atoms with Crippen molar-refractivity contribution in [3.05, 3.63) is 18.3 Å². The number of nitrogens with one attached hydrogen (secondary N) is 2. The Bertz CT molecular complexity index is 460. The van der Waals surface area contributed by atoms with Crippen molar-refractivity contribution < 1.29 is 13.2 Å². The van der Waals surface area contributed by atoms with Gasteiger partial charge in [-0.15, -0.1) is 0 Å². The average Bonchev–Trinajstić information content (AvgIpc) is 2.42. The molecule has 0 unspecified atom stereocenters. The van der Waals surface area contributed by atoms with Gasteiger partial charge < -0.3 is 10.1 Å². The Morgan fingerprint density at radius 1 is 1.32 bits per heavy atom. The highest BCUT2D eigenvalue weighted by Gasteiger charge is 2.13. The fourth-order valence-electron chi connectivity index (χ4n) is 1.40. The van der Waals surface area contributed by atoms with Crippen LogP contribution in [0, 0.1) is 0 Å². The Morgan fingerprint density at radius 3 is 2.68 bits per heavy atom. The van der Waals surface area contributed by atoms with Gasteiger partial charge in [0, 0.05) is 33.0 Å². The molecule has 0 fully saturated rings. The standard InChI is InChI=1S/C12H21N3O3S/c1-3-7-13-12-6-5-11(10-14-12)19(16,17)15-8-4-9-18-2/h5-6,10,15H,3-4,7-9H2,1-2H3,(H,13,14). The third kappa shape index (κ3) is 5.54. The molecule has 108 valence electrons. The van der Waals surface area contributed by atoms with E-state index in [1.807, 2.05) is 0 Å². The number of methoxy groups -OCH3 is 1. The van der Waals surface area contributed by atoms with Gasteiger partial charge in [0.15, 0.2) is 0 Å². The molecule has 1 aromatic heterocycles. The summed E-state index contributed by atoms with van der Waals surface area (Å²) in [5.74, 6) is 0.681. The van der Waals surface area contributed by atoms with Gasteiger partial charge in [0.1, 0.15) is 10.7 Å². The van der Waals surface area contributed by atoms with E-state index in [4.69, 9.17) is 4.74 Å². The molecule has 0 aliphatic carbocycles. The molecule has 0 aliphatic rings. The van der Waals surface area contributed by atoms with E-state index in [0.29, 0.717) is 25.4 Å². The Labute approximate surface area is 114 Å². The first-order valence-corrected chi connectivity index (χ1v) is 7.77. The molecule has 6 nitrogen and oxygen atoms in total. The highest BCUT2D eigenvalue weighted by atomic mass is 32.2. The van der Waals surface area contributed by atoms with Gasteiger partial charge in [0.2, 0.25) is 10.0 Å². The molecule has 0 saturated carbocycles. The maximum Gasteiger partial charge on any atom is 0.242 e. The van der Waals surface area contributed by atoms with Crippen LogP contribution in [0.3, 0.4) is 0 Å². The number of hydrogen-bond donors (Lipinski definition) is 2. The van der Waals surface area contributed by atoms with Gasteiger partial charge in [0.25, 0.3) is 0 Å². The predicted molar refractivity (Wildman–Crippen MR) is 74.7 cm³/mol. The van der Waals surface area contributed by atoms with Crippen LogP contribution in [0.2, 0.25) is 0 Å². The Morgan fingerprint density at radius 2 is 2.11 bits per heavy atom. The Kier molecular flexibility index (Phi) is 6.75. The minimum Gasteiger partial charge on any atom is -0.385 e. The SMILES string of the molecule is CCCNc1ccc(S(=O)(=O)NCCCOC)cn1. The lowest BCUT2D eigenvalue weighted by molar-refractivity contribution is 0.196. The van der Waals surface area contributed by atoms with Gasteiger partial charge in [-0.05, 0) is 25.0 Å². The fourth-order valence-corrected chi connectivity index (χ4v) is 2.42. The van der Waals surface area contributed by atoms with Crippen LogP contribution in [0.1, 0.15) is 19.8 Å². The molecule has 0 aliphatic heterocycles. The Balaban J connectivity index is 2.58. The summed E-state index contributed by atoms with van der Waals surface area (Å²) in [5, 5.41) is 3.09. The molecule has 0 atom stereocenters. The molecule has 1 heterocycles. The second-order valence-electron chi connectivity index (χ2n) is 4.05. The topological polar surface area (TPSA) is 80.3 Å². The zero-order valence-electron chi connectivity index (χ0n) is 11.3. The first-order chi connectivity index (χ1) is 9.10. The van der Waals surface area contributed by atoms with Gasteiger partial charge in [0.05, 0.1) is 0 Å². The van der Waals surface area contributed by atoms with Crippen LogP contribution in [0.15, 0.2) is 23.2 Å². The van der Waals surface area contributed by atoms with Gasteiger partial charge in [-0.1, -0.05) is 6.92 Å². The van der Waals surface area contributed by atoms with Crippen LogP contribution in [0.5, 0.6) is 0 Å². The van der Waals surface area contributed by atoms with Crippen molar-refractivity contribution in [1.82, 2.24) is 9.71 Å². The van der Waals surface area contributed by atoms with Crippen molar-refractivity contribution in [3.8, 4) is 0 Å². The molecule has 2 N–H and O–H groups in total. The van der Waals surface area contributed by atoms with E-state index >= 15 is 0 Å². The minimum atomic E-state index is -3.47. The number of pyridine rings is 1. The van der Waals surface area contributed by atoms with E-state index in [-0.39, 0.29) is 4.90 Å². The van der Waals surface area contributed by atoms with E-state index < -0.39 is 10.0 Å². The maximum absolute atomic E-state index is 11.9. The van der Waals surface area contributed by atoms with Crippen molar-refractivity contribution in [1.29, 1.82) is 0 Å². The molecule has 19 heavy (non-hydrogen) atoms. The van der Waals surface area contributed by atoms with E-state index in [0.717, 1.165) is 13.0 Å². The van der Waals surface area contributed by atoms with Gasteiger partial charge in [-0.3, -0.25) is 0 Å². The third-order valence-corrected chi connectivity index (χ3v) is 3.87. The van der Waals surface area contributed by atoms with Crippen LogP contribution in [-0.2, 0) is 14.8 Å². The lowest BCUT2D eigenvalue weighted by atomic mass is 10.4. The molecule has 0 amide bonds. The van der Waals surface area contributed by atoms with Crippen LogP contribution < -0.4 is 10.0 Å². The average molecular weight is 287 g/mol. The van der Waals surface area contributed by atoms with Gasteiger partial charge >= 0.3 is 0 Å². The second-order valence-corrected chi connectivity index (χ2v) is 5.82. The molecule has 1 rings (SSSR count).